The number of esters is 1. The average Bonchev–Trinajstić information content (AvgIpc) is 3.08. The minimum absolute atomic E-state index is 0.0383. The summed E-state index contributed by atoms with van der Waals surface area (Å²) < 4.78 is 6.39. The van der Waals surface area contributed by atoms with Crippen LogP contribution in [0.5, 0.6) is 5.75 Å². The maximum absolute atomic E-state index is 12.8. The molecule has 170 valence electrons. The maximum atomic E-state index is 12.8. The van der Waals surface area contributed by atoms with E-state index < -0.39 is 16.8 Å². The molecule has 8 nitrogen and oxygen atoms in total. The largest absolute Gasteiger partial charge is 0.423 e. The minimum Gasteiger partial charge on any atom is -0.423 e. The maximum Gasteiger partial charge on any atom is 0.343 e. The monoisotopic (exact) mass is 586 g/mol. The molecule has 1 aliphatic heterocycles. The van der Waals surface area contributed by atoms with Gasteiger partial charge in [0.1, 0.15) is 5.75 Å². The second-order valence-corrected chi connectivity index (χ2v) is 9.40. The number of thioether (sulfide) groups is 1. The van der Waals surface area contributed by atoms with E-state index in [0.29, 0.717) is 5.56 Å². The van der Waals surface area contributed by atoms with Gasteiger partial charge in [-0.1, -0.05) is 30.3 Å². The molecule has 2 amide bonds. The predicted molar refractivity (Wildman–Crippen MR) is 135 cm³/mol. The van der Waals surface area contributed by atoms with Crippen LogP contribution in [0.4, 0.5) is 10.5 Å². The van der Waals surface area contributed by atoms with Gasteiger partial charge in [0.25, 0.3) is 16.8 Å². The number of rotatable bonds is 6. The highest BCUT2D eigenvalue weighted by atomic mass is 127. The Hall–Kier alpha value is -3.51. The number of nitro groups is 1. The van der Waals surface area contributed by atoms with Crippen LogP contribution in [-0.4, -0.2) is 26.9 Å². The summed E-state index contributed by atoms with van der Waals surface area (Å²) in [7, 11) is 0. The molecule has 0 spiro atoms. The van der Waals surface area contributed by atoms with Gasteiger partial charge in [0, 0.05) is 15.7 Å². The Morgan fingerprint density at radius 1 is 1.06 bits per heavy atom. The van der Waals surface area contributed by atoms with Crippen molar-refractivity contribution in [3.05, 3.63) is 108 Å². The minimum atomic E-state index is -0.751. The van der Waals surface area contributed by atoms with Crippen LogP contribution in [0, 0.1) is 13.7 Å². The third-order valence-electron chi connectivity index (χ3n) is 4.79. The van der Waals surface area contributed by atoms with E-state index in [1.807, 2.05) is 24.3 Å². The zero-order valence-corrected chi connectivity index (χ0v) is 20.3. The summed E-state index contributed by atoms with van der Waals surface area (Å²) in [5.74, 6) is -0.949. The lowest BCUT2D eigenvalue weighted by Crippen LogP contribution is -2.27. The van der Waals surface area contributed by atoms with Crippen molar-refractivity contribution in [1.82, 2.24) is 4.90 Å². The number of halogens is 1. The van der Waals surface area contributed by atoms with Gasteiger partial charge in [-0.3, -0.25) is 24.6 Å². The molecule has 0 aliphatic carbocycles. The molecule has 1 fully saturated rings. The quantitative estimate of drug-likeness (QED) is 0.0917. The van der Waals surface area contributed by atoms with Crippen molar-refractivity contribution in [3.8, 4) is 5.75 Å². The lowest BCUT2D eigenvalue weighted by atomic mass is 10.2. The Morgan fingerprint density at radius 3 is 2.53 bits per heavy atom. The van der Waals surface area contributed by atoms with Crippen LogP contribution < -0.4 is 4.74 Å². The molecule has 0 unspecified atom stereocenters. The van der Waals surface area contributed by atoms with E-state index >= 15 is 0 Å². The fourth-order valence-corrected chi connectivity index (χ4v) is 4.34. The van der Waals surface area contributed by atoms with Crippen LogP contribution in [-0.2, 0) is 11.3 Å². The van der Waals surface area contributed by atoms with Gasteiger partial charge in [-0.15, -0.1) is 0 Å². The van der Waals surface area contributed by atoms with Gasteiger partial charge < -0.3 is 4.74 Å². The van der Waals surface area contributed by atoms with E-state index in [1.54, 1.807) is 30.3 Å². The summed E-state index contributed by atoms with van der Waals surface area (Å²) in [5.41, 5.74) is 1.23. The number of non-ortho nitro benzene ring substituents is 1. The van der Waals surface area contributed by atoms with E-state index in [9.17, 15) is 24.5 Å². The van der Waals surface area contributed by atoms with Crippen molar-refractivity contribution in [3.63, 3.8) is 0 Å². The average molecular weight is 586 g/mol. The number of benzene rings is 3. The highest BCUT2D eigenvalue weighted by molar-refractivity contribution is 14.1. The molecular formula is C24H15IN2O6S. The summed E-state index contributed by atoms with van der Waals surface area (Å²) >= 11 is 3.03. The molecule has 0 atom stereocenters. The molecular weight excluding hydrogens is 571 g/mol. The summed E-state index contributed by atoms with van der Waals surface area (Å²) in [6.45, 7) is 0.180. The summed E-state index contributed by atoms with van der Waals surface area (Å²) in [4.78, 5) is 49.4. The smallest absolute Gasteiger partial charge is 0.343 e. The van der Waals surface area contributed by atoms with E-state index in [4.69, 9.17) is 4.74 Å². The topological polar surface area (TPSA) is 107 Å². The predicted octanol–water partition coefficient (Wildman–Crippen LogP) is 5.66. The van der Waals surface area contributed by atoms with Gasteiger partial charge in [-0.25, -0.2) is 4.79 Å². The molecule has 0 bridgehead atoms. The van der Waals surface area contributed by atoms with Crippen LogP contribution in [0.3, 0.4) is 0 Å². The van der Waals surface area contributed by atoms with Crippen molar-refractivity contribution in [2.75, 3.05) is 0 Å². The van der Waals surface area contributed by atoms with E-state index in [0.717, 1.165) is 27.0 Å². The number of carbonyl (C=O) groups excluding carboxylic acids is 3. The van der Waals surface area contributed by atoms with E-state index in [-0.39, 0.29) is 33.7 Å². The van der Waals surface area contributed by atoms with Gasteiger partial charge >= 0.3 is 5.97 Å². The van der Waals surface area contributed by atoms with Gasteiger partial charge in [0.2, 0.25) is 0 Å². The van der Waals surface area contributed by atoms with Crippen LogP contribution in [0.25, 0.3) is 6.08 Å². The number of hydrogen-bond acceptors (Lipinski definition) is 7. The molecule has 34 heavy (non-hydrogen) atoms. The van der Waals surface area contributed by atoms with Crippen LogP contribution >= 0.6 is 34.4 Å². The normalized spacial score (nSPS) is 14.5. The zero-order valence-electron chi connectivity index (χ0n) is 17.3. The number of hydrogen-bond donors (Lipinski definition) is 0. The molecule has 4 rings (SSSR count). The first-order valence-corrected chi connectivity index (χ1v) is 11.8. The Balaban J connectivity index is 1.48. The lowest BCUT2D eigenvalue weighted by molar-refractivity contribution is -0.384. The van der Waals surface area contributed by atoms with Gasteiger partial charge in [-0.05, 0) is 81.9 Å². The second kappa shape index (κ2) is 10.2. The standard InChI is InChI=1S/C24H15IN2O6S/c25-18-9-7-15(8-10-18)14-26-22(28)21(34-24(26)30)12-16-3-1-6-20(11-16)33-23(29)17-4-2-5-19(13-17)27(31)32/h1-13H,14H2/b21-12-. The van der Waals surface area contributed by atoms with E-state index in [1.165, 1.54) is 23.1 Å². The summed E-state index contributed by atoms with van der Waals surface area (Å²) in [5, 5.41) is 10.6. The number of nitrogens with zero attached hydrogens (tertiary/aromatic N) is 2. The number of carbonyl (C=O) groups is 3. The first-order chi connectivity index (χ1) is 16.3. The molecule has 0 saturated carbocycles. The highest BCUT2D eigenvalue weighted by Crippen LogP contribution is 2.33. The molecule has 1 heterocycles. The van der Waals surface area contributed by atoms with Crippen LogP contribution in [0.2, 0.25) is 0 Å². The molecule has 0 aromatic heterocycles. The molecule has 3 aromatic rings. The number of ether oxygens (including phenoxy) is 1. The van der Waals surface area contributed by atoms with E-state index in [2.05, 4.69) is 22.6 Å². The SMILES string of the molecule is O=C(Oc1cccc(/C=C2\SC(=O)N(Cc3ccc(I)cc3)C2=O)c1)c1cccc([N+](=O)[O-])c1. The van der Waals surface area contributed by atoms with Gasteiger partial charge in [0.15, 0.2) is 0 Å². The van der Waals surface area contributed by atoms with Crippen molar-refractivity contribution >= 4 is 63.2 Å². The first-order valence-electron chi connectivity index (χ1n) is 9.87. The Bertz CT molecular complexity index is 1340. The summed E-state index contributed by atoms with van der Waals surface area (Å²) in [6.07, 6.45) is 1.56. The fraction of sp³-hybridized carbons (Fsp3) is 0.0417. The fourth-order valence-electron chi connectivity index (χ4n) is 3.14. The molecule has 0 radical (unpaired) electrons. The van der Waals surface area contributed by atoms with Crippen molar-refractivity contribution in [2.45, 2.75) is 6.54 Å². The summed E-state index contributed by atoms with van der Waals surface area (Å²) in [6, 6.07) is 19.2. The Morgan fingerprint density at radius 2 is 1.79 bits per heavy atom. The van der Waals surface area contributed by atoms with Gasteiger partial charge in [0.05, 0.1) is 21.9 Å². The van der Waals surface area contributed by atoms with Gasteiger partial charge in [-0.2, -0.15) is 0 Å². The Labute approximate surface area is 211 Å². The highest BCUT2D eigenvalue weighted by Gasteiger charge is 2.35. The molecule has 1 aliphatic rings. The third kappa shape index (κ3) is 5.51. The zero-order chi connectivity index (χ0) is 24.2. The number of nitro benzene ring substituents is 1. The first kappa shape index (κ1) is 23.6. The van der Waals surface area contributed by atoms with Crippen molar-refractivity contribution in [1.29, 1.82) is 0 Å². The number of imide groups is 1. The second-order valence-electron chi connectivity index (χ2n) is 7.16. The molecule has 3 aromatic carbocycles. The van der Waals surface area contributed by atoms with Crippen LogP contribution in [0.15, 0.2) is 77.7 Å². The van der Waals surface area contributed by atoms with Crippen LogP contribution in [0.1, 0.15) is 21.5 Å². The lowest BCUT2D eigenvalue weighted by Gasteiger charge is -2.12. The number of amides is 2. The Kier molecular flexibility index (Phi) is 7.08. The molecule has 0 N–H and O–H groups in total. The van der Waals surface area contributed by atoms with Crippen molar-refractivity contribution < 1.29 is 24.0 Å². The molecule has 10 heteroatoms. The molecule has 1 saturated heterocycles. The van der Waals surface area contributed by atoms with Crippen molar-refractivity contribution in [2.24, 2.45) is 0 Å². The third-order valence-corrected chi connectivity index (χ3v) is 6.41.